The van der Waals surface area contributed by atoms with Gasteiger partial charge < -0.3 is 15.6 Å². The largest absolute Gasteiger partial charge is 0.497 e. The average Bonchev–Trinajstić information content (AvgIpc) is 2.21. The highest BCUT2D eigenvalue weighted by molar-refractivity contribution is 5.85. The van der Waals surface area contributed by atoms with E-state index in [-0.39, 0.29) is 24.8 Å². The van der Waals surface area contributed by atoms with E-state index in [9.17, 15) is 4.39 Å². The van der Waals surface area contributed by atoms with Gasteiger partial charge in [-0.05, 0) is 30.2 Å². The fourth-order valence-corrected chi connectivity index (χ4v) is 1.18. The molecule has 0 saturated heterocycles. The van der Waals surface area contributed by atoms with Gasteiger partial charge in [0.25, 0.3) is 0 Å². The van der Waals surface area contributed by atoms with E-state index in [2.05, 4.69) is 0 Å². The minimum atomic E-state index is -0.434. The molecule has 1 aromatic carbocycles. The molecule has 0 aliphatic rings. The normalized spacial score (nSPS) is 11.7. The van der Waals surface area contributed by atoms with Crippen molar-refractivity contribution in [3.05, 3.63) is 29.6 Å². The molecule has 1 unspecified atom stereocenters. The predicted octanol–water partition coefficient (Wildman–Crippen LogP) is 1.12. The molecule has 1 atom stereocenters. The molecule has 3 N–H and O–H groups in total. The van der Waals surface area contributed by atoms with Crippen LogP contribution in [-0.4, -0.2) is 24.9 Å². The summed E-state index contributed by atoms with van der Waals surface area (Å²) in [7, 11) is 1.52. The van der Waals surface area contributed by atoms with Crippen LogP contribution in [0.1, 0.15) is 5.56 Å². The number of hydrogen-bond acceptors (Lipinski definition) is 3. The Morgan fingerprint density at radius 3 is 2.73 bits per heavy atom. The second kappa shape index (κ2) is 6.61. The van der Waals surface area contributed by atoms with Crippen molar-refractivity contribution in [2.24, 2.45) is 5.73 Å². The zero-order chi connectivity index (χ0) is 10.6. The maximum atomic E-state index is 13.2. The Morgan fingerprint density at radius 1 is 1.53 bits per heavy atom. The number of benzene rings is 1. The lowest BCUT2D eigenvalue weighted by atomic mass is 10.1. The molecule has 0 aromatic heterocycles. The summed E-state index contributed by atoms with van der Waals surface area (Å²) in [6, 6.07) is 4.03. The molecular formula is C10H15ClFNO2. The van der Waals surface area contributed by atoms with Gasteiger partial charge in [-0.3, -0.25) is 0 Å². The number of aliphatic hydroxyl groups excluding tert-OH is 1. The third-order valence-electron chi connectivity index (χ3n) is 1.97. The summed E-state index contributed by atoms with van der Waals surface area (Å²) in [6.07, 6.45) is 0.305. The van der Waals surface area contributed by atoms with Crippen LogP contribution < -0.4 is 10.5 Å². The summed E-state index contributed by atoms with van der Waals surface area (Å²) < 4.78 is 18.2. The second-order valence-electron chi connectivity index (χ2n) is 3.10. The Bertz CT molecular complexity index is 309. The van der Waals surface area contributed by atoms with Crippen molar-refractivity contribution in [2.45, 2.75) is 12.5 Å². The number of rotatable bonds is 4. The number of aliphatic hydroxyl groups is 1. The van der Waals surface area contributed by atoms with Crippen LogP contribution >= 0.6 is 12.4 Å². The summed E-state index contributed by atoms with van der Waals surface area (Å²) in [6.45, 7) is -0.156. The molecule has 0 heterocycles. The van der Waals surface area contributed by atoms with Gasteiger partial charge in [0.1, 0.15) is 11.6 Å². The van der Waals surface area contributed by atoms with E-state index in [0.29, 0.717) is 17.7 Å². The molecule has 3 nitrogen and oxygen atoms in total. The minimum Gasteiger partial charge on any atom is -0.497 e. The van der Waals surface area contributed by atoms with E-state index in [1.807, 2.05) is 0 Å². The van der Waals surface area contributed by atoms with Crippen molar-refractivity contribution in [2.75, 3.05) is 13.7 Å². The highest BCUT2D eigenvalue weighted by atomic mass is 35.5. The maximum Gasteiger partial charge on any atom is 0.126 e. The fraction of sp³-hybridized carbons (Fsp3) is 0.400. The second-order valence-corrected chi connectivity index (χ2v) is 3.10. The van der Waals surface area contributed by atoms with E-state index >= 15 is 0 Å². The predicted molar refractivity (Wildman–Crippen MR) is 59.0 cm³/mol. The Hall–Kier alpha value is -0.840. The lowest BCUT2D eigenvalue weighted by molar-refractivity contribution is 0.264. The van der Waals surface area contributed by atoms with E-state index in [0.717, 1.165) is 0 Å². The first-order chi connectivity index (χ1) is 6.67. The fourth-order valence-electron chi connectivity index (χ4n) is 1.18. The Morgan fingerprint density at radius 2 is 2.20 bits per heavy atom. The summed E-state index contributed by atoms with van der Waals surface area (Å²) >= 11 is 0. The van der Waals surface area contributed by atoms with E-state index in [4.69, 9.17) is 15.6 Å². The van der Waals surface area contributed by atoms with Gasteiger partial charge in [0, 0.05) is 6.04 Å². The number of hydrogen-bond donors (Lipinski definition) is 2. The SMILES string of the molecule is COc1ccc(F)c(CC(N)CO)c1.Cl. The molecule has 0 aliphatic carbocycles. The molecule has 1 rings (SSSR count). The third kappa shape index (κ3) is 4.03. The minimum absolute atomic E-state index is 0. The van der Waals surface area contributed by atoms with Gasteiger partial charge in [0.2, 0.25) is 0 Å². The van der Waals surface area contributed by atoms with Crippen LogP contribution in [-0.2, 0) is 6.42 Å². The molecule has 0 spiro atoms. The standard InChI is InChI=1S/C10H14FNO2.ClH/c1-14-9-2-3-10(11)7(5-9)4-8(12)6-13;/h2-3,5,8,13H,4,6,12H2,1H3;1H. The quantitative estimate of drug-likeness (QED) is 0.822. The zero-order valence-electron chi connectivity index (χ0n) is 8.44. The number of ether oxygens (including phenoxy) is 1. The molecule has 86 valence electrons. The van der Waals surface area contributed by atoms with Crippen molar-refractivity contribution in [3.8, 4) is 5.75 Å². The zero-order valence-corrected chi connectivity index (χ0v) is 9.26. The van der Waals surface area contributed by atoms with Gasteiger partial charge in [-0.15, -0.1) is 12.4 Å². The number of halogens is 2. The lowest BCUT2D eigenvalue weighted by Gasteiger charge is -2.10. The van der Waals surface area contributed by atoms with E-state index < -0.39 is 6.04 Å². The molecule has 0 saturated carbocycles. The van der Waals surface area contributed by atoms with Crippen LogP contribution in [0, 0.1) is 5.82 Å². The summed E-state index contributed by atoms with van der Waals surface area (Å²) in [4.78, 5) is 0. The molecule has 15 heavy (non-hydrogen) atoms. The van der Waals surface area contributed by atoms with Crippen molar-refractivity contribution in [3.63, 3.8) is 0 Å². The van der Waals surface area contributed by atoms with Crippen LogP contribution in [0.25, 0.3) is 0 Å². The van der Waals surface area contributed by atoms with Crippen LogP contribution in [0.4, 0.5) is 4.39 Å². The molecular weight excluding hydrogens is 221 g/mol. The Kier molecular flexibility index (Phi) is 6.24. The van der Waals surface area contributed by atoms with Crippen LogP contribution in [0.15, 0.2) is 18.2 Å². The van der Waals surface area contributed by atoms with Crippen molar-refractivity contribution < 1.29 is 14.2 Å². The van der Waals surface area contributed by atoms with Crippen molar-refractivity contribution in [1.82, 2.24) is 0 Å². The molecule has 1 aromatic rings. The highest BCUT2D eigenvalue weighted by Gasteiger charge is 2.08. The summed E-state index contributed by atoms with van der Waals surface area (Å²) in [5.41, 5.74) is 5.97. The number of methoxy groups -OCH3 is 1. The smallest absolute Gasteiger partial charge is 0.126 e. The molecule has 0 fully saturated rings. The average molecular weight is 236 g/mol. The third-order valence-corrected chi connectivity index (χ3v) is 1.97. The monoisotopic (exact) mass is 235 g/mol. The van der Waals surface area contributed by atoms with Crippen LogP contribution in [0.3, 0.4) is 0 Å². The van der Waals surface area contributed by atoms with Gasteiger partial charge >= 0.3 is 0 Å². The van der Waals surface area contributed by atoms with Gasteiger partial charge in [0.05, 0.1) is 13.7 Å². The lowest BCUT2D eigenvalue weighted by Crippen LogP contribution is -2.27. The number of nitrogens with two attached hydrogens (primary N) is 1. The van der Waals surface area contributed by atoms with E-state index in [1.54, 1.807) is 12.1 Å². The van der Waals surface area contributed by atoms with Gasteiger partial charge in [-0.2, -0.15) is 0 Å². The molecule has 0 radical (unpaired) electrons. The molecule has 0 amide bonds. The van der Waals surface area contributed by atoms with Crippen LogP contribution in [0.2, 0.25) is 0 Å². The first-order valence-corrected chi connectivity index (χ1v) is 4.36. The Balaban J connectivity index is 0.00000196. The summed E-state index contributed by atoms with van der Waals surface area (Å²) in [5.74, 6) is 0.265. The van der Waals surface area contributed by atoms with Crippen molar-refractivity contribution in [1.29, 1.82) is 0 Å². The van der Waals surface area contributed by atoms with E-state index in [1.165, 1.54) is 13.2 Å². The molecule has 5 heteroatoms. The summed E-state index contributed by atoms with van der Waals surface area (Å²) in [5, 5.41) is 8.73. The highest BCUT2D eigenvalue weighted by Crippen LogP contribution is 2.17. The van der Waals surface area contributed by atoms with Crippen molar-refractivity contribution >= 4 is 12.4 Å². The first-order valence-electron chi connectivity index (χ1n) is 4.36. The van der Waals surface area contributed by atoms with Crippen LogP contribution in [0.5, 0.6) is 5.75 Å². The Labute approximate surface area is 94.5 Å². The molecule has 0 bridgehead atoms. The van der Waals surface area contributed by atoms with Gasteiger partial charge in [-0.1, -0.05) is 0 Å². The first kappa shape index (κ1) is 14.2. The van der Waals surface area contributed by atoms with Gasteiger partial charge in [0.15, 0.2) is 0 Å². The molecule has 0 aliphatic heterocycles. The van der Waals surface area contributed by atoms with Gasteiger partial charge in [-0.25, -0.2) is 4.39 Å². The topological polar surface area (TPSA) is 55.5 Å². The maximum absolute atomic E-state index is 13.2.